The Labute approximate surface area is 177 Å². The molecule has 0 unspecified atom stereocenters. The fourth-order valence-corrected chi connectivity index (χ4v) is 5.40. The highest BCUT2D eigenvalue weighted by atomic mass is 32.2. The molecule has 0 N–H and O–H groups in total. The molecular formula is C22H26N4O3S. The third-order valence-electron chi connectivity index (χ3n) is 5.74. The molecule has 1 aromatic carbocycles. The lowest BCUT2D eigenvalue weighted by Gasteiger charge is -2.34. The lowest BCUT2D eigenvalue weighted by molar-refractivity contribution is 0.101. The number of hydrogen-bond acceptors (Lipinski definition) is 5. The van der Waals surface area contributed by atoms with Crippen LogP contribution in [0.15, 0.2) is 53.7 Å². The topological polar surface area (TPSA) is 75.5 Å². The number of Topliss-reactive ketones (excluding diaryl/α,β-unsaturated/α-hetero) is 1. The average Bonchev–Trinajstić information content (AvgIpc) is 3.08. The predicted octanol–water partition coefficient (Wildman–Crippen LogP) is 2.32. The SMILES string of the molecule is CC(=O)c1ccc(S(=O)(=O)N2CCN(CCc3cn(C)c4ncccc34)CC2)cc1. The van der Waals surface area contributed by atoms with Crippen LogP contribution in [0.5, 0.6) is 0 Å². The van der Waals surface area contributed by atoms with E-state index in [1.54, 1.807) is 18.3 Å². The van der Waals surface area contributed by atoms with Crippen LogP contribution in [0.25, 0.3) is 11.0 Å². The number of sulfonamides is 1. The minimum absolute atomic E-state index is 0.0745. The van der Waals surface area contributed by atoms with Crippen molar-refractivity contribution in [2.24, 2.45) is 7.05 Å². The molecule has 2 aromatic heterocycles. The van der Waals surface area contributed by atoms with E-state index in [0.29, 0.717) is 31.7 Å². The van der Waals surface area contributed by atoms with Crippen LogP contribution in [-0.4, -0.2) is 65.7 Å². The highest BCUT2D eigenvalue weighted by Gasteiger charge is 2.28. The Bertz CT molecular complexity index is 1160. The maximum atomic E-state index is 12.9. The second-order valence-electron chi connectivity index (χ2n) is 7.72. The van der Waals surface area contributed by atoms with E-state index in [-0.39, 0.29) is 10.7 Å². The van der Waals surface area contributed by atoms with Gasteiger partial charge in [-0.2, -0.15) is 4.31 Å². The lowest BCUT2D eigenvalue weighted by atomic mass is 10.1. The number of aromatic nitrogens is 2. The molecular weight excluding hydrogens is 400 g/mol. The van der Waals surface area contributed by atoms with Crippen LogP contribution in [0, 0.1) is 0 Å². The molecule has 7 nitrogen and oxygen atoms in total. The molecule has 30 heavy (non-hydrogen) atoms. The van der Waals surface area contributed by atoms with E-state index in [4.69, 9.17) is 0 Å². The number of nitrogens with zero attached hydrogens (tertiary/aromatic N) is 4. The van der Waals surface area contributed by atoms with Crippen LogP contribution in [0.1, 0.15) is 22.8 Å². The first-order chi connectivity index (χ1) is 14.4. The van der Waals surface area contributed by atoms with Gasteiger partial charge in [0, 0.05) is 63.1 Å². The highest BCUT2D eigenvalue weighted by Crippen LogP contribution is 2.21. The lowest BCUT2D eigenvalue weighted by Crippen LogP contribution is -2.48. The smallest absolute Gasteiger partial charge is 0.243 e. The van der Waals surface area contributed by atoms with Crippen LogP contribution >= 0.6 is 0 Å². The minimum atomic E-state index is -3.54. The predicted molar refractivity (Wildman–Crippen MR) is 116 cm³/mol. The molecule has 0 spiro atoms. The molecule has 3 heterocycles. The summed E-state index contributed by atoms with van der Waals surface area (Å²) in [6.07, 6.45) is 4.84. The molecule has 1 aliphatic heterocycles. The van der Waals surface area contributed by atoms with E-state index >= 15 is 0 Å². The number of benzene rings is 1. The number of pyridine rings is 1. The largest absolute Gasteiger partial charge is 0.335 e. The third-order valence-corrected chi connectivity index (χ3v) is 7.66. The van der Waals surface area contributed by atoms with Crippen LogP contribution in [0.2, 0.25) is 0 Å². The molecule has 1 saturated heterocycles. The van der Waals surface area contributed by atoms with Crippen molar-refractivity contribution in [3.8, 4) is 0 Å². The van der Waals surface area contributed by atoms with E-state index in [1.165, 1.54) is 34.3 Å². The number of ketones is 1. The molecule has 4 rings (SSSR count). The first-order valence-electron chi connectivity index (χ1n) is 10.1. The van der Waals surface area contributed by atoms with Gasteiger partial charge >= 0.3 is 0 Å². The number of piperazine rings is 1. The van der Waals surface area contributed by atoms with Gasteiger partial charge in [0.05, 0.1) is 4.90 Å². The van der Waals surface area contributed by atoms with Crippen molar-refractivity contribution in [3.05, 3.63) is 59.9 Å². The molecule has 0 aliphatic carbocycles. The zero-order valence-corrected chi connectivity index (χ0v) is 18.1. The standard InChI is InChI=1S/C22H26N4O3S/c1-17(27)18-5-7-20(8-6-18)30(28,29)26-14-12-25(13-15-26)11-9-19-16-24(2)22-21(19)4-3-10-23-22/h3-8,10,16H,9,11-15H2,1-2H3. The summed E-state index contributed by atoms with van der Waals surface area (Å²) in [6.45, 7) is 4.69. The van der Waals surface area contributed by atoms with Gasteiger partial charge in [0.15, 0.2) is 5.78 Å². The number of carbonyl (C=O) groups is 1. The molecule has 8 heteroatoms. The summed E-state index contributed by atoms with van der Waals surface area (Å²) in [6, 6.07) is 10.2. The first kappa shape index (κ1) is 20.7. The van der Waals surface area contributed by atoms with Gasteiger partial charge in [-0.1, -0.05) is 12.1 Å². The Hall–Kier alpha value is -2.55. The van der Waals surface area contributed by atoms with Crippen molar-refractivity contribution < 1.29 is 13.2 Å². The summed E-state index contributed by atoms with van der Waals surface area (Å²) in [7, 11) is -1.53. The Morgan fingerprint density at radius 3 is 2.43 bits per heavy atom. The average molecular weight is 427 g/mol. The molecule has 0 atom stereocenters. The Kier molecular flexibility index (Phi) is 5.73. The van der Waals surface area contributed by atoms with E-state index in [1.807, 2.05) is 17.7 Å². The van der Waals surface area contributed by atoms with Crippen molar-refractivity contribution in [3.63, 3.8) is 0 Å². The molecule has 1 fully saturated rings. The normalized spacial score (nSPS) is 16.2. The van der Waals surface area contributed by atoms with Crippen molar-refractivity contribution in [1.82, 2.24) is 18.8 Å². The summed E-state index contributed by atoms with van der Waals surface area (Å²) in [4.78, 5) is 18.4. The fraction of sp³-hybridized carbons (Fsp3) is 0.364. The molecule has 1 aliphatic rings. The van der Waals surface area contributed by atoms with Crippen LogP contribution in [0.4, 0.5) is 0 Å². The summed E-state index contributed by atoms with van der Waals surface area (Å²) >= 11 is 0. The Morgan fingerprint density at radius 1 is 1.07 bits per heavy atom. The van der Waals surface area contributed by atoms with Gasteiger partial charge in [-0.05, 0) is 43.2 Å². The maximum absolute atomic E-state index is 12.9. The van der Waals surface area contributed by atoms with Crippen molar-refractivity contribution in [2.75, 3.05) is 32.7 Å². The summed E-state index contributed by atoms with van der Waals surface area (Å²) in [5, 5.41) is 1.18. The van der Waals surface area contributed by atoms with E-state index in [0.717, 1.165) is 18.6 Å². The van der Waals surface area contributed by atoms with Gasteiger partial charge in [0.1, 0.15) is 5.65 Å². The second-order valence-corrected chi connectivity index (χ2v) is 9.65. The van der Waals surface area contributed by atoms with E-state index in [9.17, 15) is 13.2 Å². The number of hydrogen-bond donors (Lipinski definition) is 0. The number of fused-ring (bicyclic) bond motifs is 1. The molecule has 0 bridgehead atoms. The zero-order chi connectivity index (χ0) is 21.3. The second kappa shape index (κ2) is 8.29. The number of carbonyl (C=O) groups excluding carboxylic acids is 1. The van der Waals surface area contributed by atoms with Crippen LogP contribution in [0.3, 0.4) is 0 Å². The van der Waals surface area contributed by atoms with Gasteiger partial charge in [-0.25, -0.2) is 13.4 Å². The van der Waals surface area contributed by atoms with Crippen molar-refractivity contribution >= 4 is 26.8 Å². The van der Waals surface area contributed by atoms with Gasteiger partial charge in [-0.15, -0.1) is 0 Å². The molecule has 3 aromatic rings. The Balaban J connectivity index is 1.37. The number of rotatable bonds is 6. The zero-order valence-electron chi connectivity index (χ0n) is 17.3. The van der Waals surface area contributed by atoms with Gasteiger partial charge in [0.25, 0.3) is 0 Å². The molecule has 158 valence electrons. The van der Waals surface area contributed by atoms with Crippen LogP contribution < -0.4 is 0 Å². The van der Waals surface area contributed by atoms with Gasteiger partial charge in [-0.3, -0.25) is 4.79 Å². The number of aryl methyl sites for hydroxylation is 1. The quantitative estimate of drug-likeness (QED) is 0.566. The van der Waals surface area contributed by atoms with Gasteiger partial charge < -0.3 is 9.47 Å². The monoisotopic (exact) mass is 426 g/mol. The fourth-order valence-electron chi connectivity index (χ4n) is 3.98. The molecule has 0 saturated carbocycles. The summed E-state index contributed by atoms with van der Waals surface area (Å²) in [5.74, 6) is -0.0745. The summed E-state index contributed by atoms with van der Waals surface area (Å²) in [5.41, 5.74) is 2.77. The molecule has 0 radical (unpaired) electrons. The van der Waals surface area contributed by atoms with E-state index < -0.39 is 10.0 Å². The first-order valence-corrected chi connectivity index (χ1v) is 11.5. The highest BCUT2D eigenvalue weighted by molar-refractivity contribution is 7.89. The summed E-state index contributed by atoms with van der Waals surface area (Å²) < 4.78 is 29.4. The third kappa shape index (κ3) is 4.03. The van der Waals surface area contributed by atoms with Crippen LogP contribution in [-0.2, 0) is 23.5 Å². The van der Waals surface area contributed by atoms with E-state index in [2.05, 4.69) is 22.1 Å². The van der Waals surface area contributed by atoms with Crippen molar-refractivity contribution in [1.29, 1.82) is 0 Å². The Morgan fingerprint density at radius 2 is 1.77 bits per heavy atom. The van der Waals surface area contributed by atoms with Crippen molar-refractivity contribution in [2.45, 2.75) is 18.2 Å². The maximum Gasteiger partial charge on any atom is 0.243 e. The molecule has 0 amide bonds. The minimum Gasteiger partial charge on any atom is -0.335 e. The van der Waals surface area contributed by atoms with Gasteiger partial charge in [0.2, 0.25) is 10.0 Å².